The van der Waals surface area contributed by atoms with Crippen LogP contribution in [0.1, 0.15) is 54.9 Å². The first kappa shape index (κ1) is 20.9. The summed E-state index contributed by atoms with van der Waals surface area (Å²) in [5, 5.41) is 3.70. The summed E-state index contributed by atoms with van der Waals surface area (Å²) in [5.41, 5.74) is 0.539. The molecule has 3 nitrogen and oxygen atoms in total. The van der Waals surface area contributed by atoms with E-state index in [-0.39, 0.29) is 5.54 Å². The lowest BCUT2D eigenvalue weighted by Crippen LogP contribution is -2.48. The van der Waals surface area contributed by atoms with Crippen LogP contribution in [0.4, 0.5) is 0 Å². The second-order valence-electron chi connectivity index (χ2n) is 8.70. The van der Waals surface area contributed by atoms with Crippen LogP contribution in [-0.4, -0.2) is 62.2 Å². The maximum absolute atomic E-state index is 3.70. The molecule has 0 spiro atoms. The van der Waals surface area contributed by atoms with E-state index >= 15 is 0 Å². The van der Waals surface area contributed by atoms with Crippen molar-refractivity contribution in [2.24, 2.45) is 11.3 Å². The third-order valence-corrected chi connectivity index (χ3v) is 3.99. The van der Waals surface area contributed by atoms with Gasteiger partial charge in [0.05, 0.1) is 0 Å². The fraction of sp³-hybridized carbons (Fsp3) is 1.00. The Morgan fingerprint density at radius 1 is 1.00 bits per heavy atom. The standard InChI is InChI=1S/C18H41N3/c1-10-18(7,14-19-17(4,5)6)15-21(13-16(2)3)12-11-20(8)9/h16,19H,10-15H2,1-9H3. The Balaban J connectivity index is 4.64. The minimum Gasteiger partial charge on any atom is -0.311 e. The van der Waals surface area contributed by atoms with E-state index < -0.39 is 0 Å². The fourth-order valence-electron chi connectivity index (χ4n) is 2.40. The van der Waals surface area contributed by atoms with Crippen LogP contribution in [0.3, 0.4) is 0 Å². The molecule has 0 aromatic heterocycles. The Labute approximate surface area is 134 Å². The highest BCUT2D eigenvalue weighted by Crippen LogP contribution is 2.23. The Hall–Kier alpha value is -0.120. The van der Waals surface area contributed by atoms with Crippen molar-refractivity contribution in [1.29, 1.82) is 0 Å². The fourth-order valence-corrected chi connectivity index (χ4v) is 2.40. The van der Waals surface area contributed by atoms with Crippen LogP contribution >= 0.6 is 0 Å². The lowest BCUT2D eigenvalue weighted by molar-refractivity contribution is 0.127. The highest BCUT2D eigenvalue weighted by atomic mass is 15.2. The second-order valence-corrected chi connectivity index (χ2v) is 8.70. The largest absolute Gasteiger partial charge is 0.311 e. The van der Waals surface area contributed by atoms with Gasteiger partial charge in [0.2, 0.25) is 0 Å². The molecule has 128 valence electrons. The third-order valence-electron chi connectivity index (χ3n) is 3.99. The van der Waals surface area contributed by atoms with E-state index in [4.69, 9.17) is 0 Å². The van der Waals surface area contributed by atoms with Gasteiger partial charge in [-0.1, -0.05) is 27.7 Å². The zero-order valence-electron chi connectivity index (χ0n) is 16.2. The number of nitrogens with zero attached hydrogens (tertiary/aromatic N) is 2. The van der Waals surface area contributed by atoms with Gasteiger partial charge in [0.15, 0.2) is 0 Å². The van der Waals surface area contributed by atoms with Crippen molar-refractivity contribution in [1.82, 2.24) is 15.1 Å². The average Bonchev–Trinajstić information content (AvgIpc) is 2.32. The van der Waals surface area contributed by atoms with Crippen molar-refractivity contribution in [2.45, 2.75) is 60.4 Å². The van der Waals surface area contributed by atoms with Gasteiger partial charge in [0.25, 0.3) is 0 Å². The zero-order chi connectivity index (χ0) is 16.7. The summed E-state index contributed by atoms with van der Waals surface area (Å²) in [6.45, 7) is 21.9. The van der Waals surface area contributed by atoms with E-state index in [9.17, 15) is 0 Å². The molecule has 0 aliphatic rings. The molecule has 0 heterocycles. The molecule has 0 aliphatic carbocycles. The highest BCUT2D eigenvalue weighted by Gasteiger charge is 2.27. The molecule has 0 aromatic rings. The Bertz CT molecular complexity index is 268. The number of hydrogen-bond acceptors (Lipinski definition) is 3. The van der Waals surface area contributed by atoms with Crippen LogP contribution in [0, 0.1) is 11.3 Å². The number of nitrogens with one attached hydrogen (secondary N) is 1. The van der Waals surface area contributed by atoms with Gasteiger partial charge in [0, 0.05) is 38.3 Å². The van der Waals surface area contributed by atoms with Gasteiger partial charge in [-0.05, 0) is 52.6 Å². The van der Waals surface area contributed by atoms with Crippen LogP contribution in [-0.2, 0) is 0 Å². The van der Waals surface area contributed by atoms with Gasteiger partial charge in [-0.25, -0.2) is 0 Å². The monoisotopic (exact) mass is 299 g/mol. The molecule has 21 heavy (non-hydrogen) atoms. The molecular weight excluding hydrogens is 258 g/mol. The molecule has 0 saturated carbocycles. The van der Waals surface area contributed by atoms with E-state index in [1.54, 1.807) is 0 Å². The van der Waals surface area contributed by atoms with Gasteiger partial charge < -0.3 is 15.1 Å². The molecule has 1 unspecified atom stereocenters. The van der Waals surface area contributed by atoms with Gasteiger partial charge >= 0.3 is 0 Å². The van der Waals surface area contributed by atoms with Gasteiger partial charge in [-0.2, -0.15) is 0 Å². The predicted octanol–water partition coefficient (Wildman–Crippen LogP) is 3.31. The smallest absolute Gasteiger partial charge is 0.0109 e. The molecule has 0 radical (unpaired) electrons. The molecule has 0 saturated heterocycles. The number of likely N-dealkylation sites (N-methyl/N-ethyl adjacent to an activating group) is 1. The maximum Gasteiger partial charge on any atom is 0.0109 e. The molecule has 1 atom stereocenters. The third kappa shape index (κ3) is 11.1. The van der Waals surface area contributed by atoms with Crippen LogP contribution in [0.25, 0.3) is 0 Å². The van der Waals surface area contributed by atoms with Crippen LogP contribution in [0.15, 0.2) is 0 Å². The summed E-state index contributed by atoms with van der Waals surface area (Å²) < 4.78 is 0. The zero-order valence-corrected chi connectivity index (χ0v) is 16.2. The normalized spacial score (nSPS) is 16.0. The van der Waals surface area contributed by atoms with Crippen molar-refractivity contribution in [3.05, 3.63) is 0 Å². The summed E-state index contributed by atoms with van der Waals surface area (Å²) in [6, 6.07) is 0. The SMILES string of the molecule is CCC(C)(CNC(C)(C)C)CN(CCN(C)C)CC(C)C. The van der Waals surface area contributed by atoms with Crippen molar-refractivity contribution in [3.8, 4) is 0 Å². The first-order chi connectivity index (χ1) is 9.47. The van der Waals surface area contributed by atoms with Crippen LogP contribution in [0.2, 0.25) is 0 Å². The van der Waals surface area contributed by atoms with Crippen molar-refractivity contribution >= 4 is 0 Å². The van der Waals surface area contributed by atoms with E-state index in [0.29, 0.717) is 5.41 Å². The molecule has 0 rings (SSSR count). The highest BCUT2D eigenvalue weighted by molar-refractivity contribution is 4.83. The van der Waals surface area contributed by atoms with Crippen molar-refractivity contribution in [3.63, 3.8) is 0 Å². The Morgan fingerprint density at radius 2 is 1.57 bits per heavy atom. The van der Waals surface area contributed by atoms with Crippen molar-refractivity contribution < 1.29 is 0 Å². The molecule has 1 N–H and O–H groups in total. The number of rotatable bonds is 10. The summed E-state index contributed by atoms with van der Waals surface area (Å²) >= 11 is 0. The minimum atomic E-state index is 0.197. The summed E-state index contributed by atoms with van der Waals surface area (Å²) in [6.07, 6.45) is 1.21. The van der Waals surface area contributed by atoms with E-state index in [2.05, 4.69) is 77.7 Å². The van der Waals surface area contributed by atoms with Gasteiger partial charge in [0.1, 0.15) is 0 Å². The van der Waals surface area contributed by atoms with E-state index in [1.807, 2.05) is 0 Å². The van der Waals surface area contributed by atoms with E-state index in [1.165, 1.54) is 19.5 Å². The van der Waals surface area contributed by atoms with Gasteiger partial charge in [-0.15, -0.1) is 0 Å². The summed E-state index contributed by atoms with van der Waals surface area (Å²) in [5.74, 6) is 0.726. The van der Waals surface area contributed by atoms with Crippen LogP contribution in [0.5, 0.6) is 0 Å². The van der Waals surface area contributed by atoms with Gasteiger partial charge in [-0.3, -0.25) is 0 Å². The topological polar surface area (TPSA) is 18.5 Å². The molecular formula is C18H41N3. The molecule has 0 bridgehead atoms. The number of hydrogen-bond donors (Lipinski definition) is 1. The first-order valence-electron chi connectivity index (χ1n) is 8.59. The summed E-state index contributed by atoms with van der Waals surface area (Å²) in [7, 11) is 4.32. The maximum atomic E-state index is 3.70. The lowest BCUT2D eigenvalue weighted by Gasteiger charge is -2.38. The van der Waals surface area contributed by atoms with Crippen LogP contribution < -0.4 is 5.32 Å². The molecule has 0 aromatic carbocycles. The Kier molecular flexibility index (Phi) is 9.06. The molecule has 0 aliphatic heterocycles. The average molecular weight is 300 g/mol. The van der Waals surface area contributed by atoms with E-state index in [0.717, 1.165) is 25.6 Å². The molecule has 0 fully saturated rings. The minimum absolute atomic E-state index is 0.197. The van der Waals surface area contributed by atoms with Crippen molar-refractivity contribution in [2.75, 3.05) is 46.8 Å². The second kappa shape index (κ2) is 9.12. The first-order valence-corrected chi connectivity index (χ1v) is 8.59. The quantitative estimate of drug-likeness (QED) is 0.667. The molecule has 3 heteroatoms. The Morgan fingerprint density at radius 3 is 1.95 bits per heavy atom. The lowest BCUT2D eigenvalue weighted by atomic mass is 9.85. The predicted molar refractivity (Wildman–Crippen MR) is 96.0 cm³/mol. The summed E-state index contributed by atoms with van der Waals surface area (Å²) in [4.78, 5) is 4.93. The molecule has 0 amide bonds.